The fourth-order valence-electron chi connectivity index (χ4n) is 3.81. The molecule has 1 aromatic carbocycles. The number of aromatic nitrogens is 2. The number of alkyl halides is 3. The molecule has 0 spiro atoms. The van der Waals surface area contributed by atoms with Crippen LogP contribution in [0.2, 0.25) is 0 Å². The van der Waals surface area contributed by atoms with Crippen molar-refractivity contribution in [3.8, 4) is 0 Å². The fourth-order valence-corrected chi connectivity index (χ4v) is 3.81. The topological polar surface area (TPSA) is 96.8 Å². The van der Waals surface area contributed by atoms with Crippen LogP contribution in [0.25, 0.3) is 0 Å². The highest BCUT2D eigenvalue weighted by molar-refractivity contribution is 6.01. The van der Waals surface area contributed by atoms with Crippen LogP contribution < -0.4 is 5.73 Å². The summed E-state index contributed by atoms with van der Waals surface area (Å²) >= 11 is 0. The van der Waals surface area contributed by atoms with Crippen LogP contribution >= 0.6 is 0 Å². The van der Waals surface area contributed by atoms with Crippen molar-refractivity contribution in [2.75, 3.05) is 6.54 Å². The van der Waals surface area contributed by atoms with Crippen LogP contribution in [0.5, 0.6) is 0 Å². The Bertz CT molecular complexity index is 1080. The van der Waals surface area contributed by atoms with Crippen molar-refractivity contribution < 1.29 is 18.0 Å². The first kappa shape index (κ1) is 23.8. The second kappa shape index (κ2) is 9.90. The summed E-state index contributed by atoms with van der Waals surface area (Å²) in [5, 5.41) is 0. The first-order valence-electron chi connectivity index (χ1n) is 11.4. The van der Waals surface area contributed by atoms with Crippen molar-refractivity contribution in [3.63, 3.8) is 0 Å². The van der Waals surface area contributed by atoms with Crippen LogP contribution in [0.3, 0.4) is 0 Å². The van der Waals surface area contributed by atoms with Gasteiger partial charge in [0, 0.05) is 24.5 Å². The molecule has 0 aliphatic heterocycles. The number of amides is 1. The Kier molecular flexibility index (Phi) is 6.95. The molecule has 0 saturated heterocycles. The second-order valence-electron chi connectivity index (χ2n) is 8.94. The molecule has 1 aromatic heterocycles. The average molecular weight is 473 g/mol. The van der Waals surface area contributed by atoms with Crippen molar-refractivity contribution in [1.29, 1.82) is 0 Å². The molecular formula is C24H27F3N6O. The molecule has 2 aliphatic rings. The average Bonchev–Trinajstić information content (AvgIpc) is 3.73. The molecule has 34 heavy (non-hydrogen) atoms. The molecule has 0 bridgehead atoms. The van der Waals surface area contributed by atoms with E-state index in [1.165, 1.54) is 17.3 Å². The number of halogens is 3. The molecule has 7 nitrogen and oxygen atoms in total. The number of carbonyl (C=O) groups is 1. The Morgan fingerprint density at radius 1 is 1.18 bits per heavy atom. The van der Waals surface area contributed by atoms with E-state index in [4.69, 9.17) is 5.73 Å². The second-order valence-corrected chi connectivity index (χ2v) is 8.94. The van der Waals surface area contributed by atoms with Gasteiger partial charge in [-0.3, -0.25) is 4.79 Å². The minimum atomic E-state index is -4.54. The van der Waals surface area contributed by atoms with Gasteiger partial charge < -0.3 is 10.6 Å². The van der Waals surface area contributed by atoms with Gasteiger partial charge in [0.05, 0.1) is 17.9 Å². The molecule has 2 saturated carbocycles. The molecule has 1 amide bonds. The SMILES string of the molecule is CC(/C(N=CN)=N\c1ncccn1)N(CC1CC1)C(=O)c1cc(CC2CC2)cc(C(F)(F)F)c1. The number of nitrogens with zero attached hydrogens (tertiary/aromatic N) is 5. The molecule has 2 fully saturated rings. The number of aliphatic imine (C=N–C) groups is 2. The molecule has 2 N–H and O–H groups in total. The summed E-state index contributed by atoms with van der Waals surface area (Å²) in [7, 11) is 0. The summed E-state index contributed by atoms with van der Waals surface area (Å²) in [6.45, 7) is 2.12. The molecule has 1 atom stereocenters. The molecular weight excluding hydrogens is 445 g/mol. The molecule has 0 radical (unpaired) electrons. The highest BCUT2D eigenvalue weighted by Gasteiger charge is 2.36. The van der Waals surface area contributed by atoms with E-state index < -0.39 is 23.7 Å². The number of hydrogen-bond donors (Lipinski definition) is 1. The van der Waals surface area contributed by atoms with E-state index in [0.29, 0.717) is 30.4 Å². The summed E-state index contributed by atoms with van der Waals surface area (Å²) < 4.78 is 40.9. The lowest BCUT2D eigenvalue weighted by molar-refractivity contribution is -0.137. The third-order valence-corrected chi connectivity index (χ3v) is 6.02. The third kappa shape index (κ3) is 6.18. The summed E-state index contributed by atoms with van der Waals surface area (Å²) in [6.07, 6.45) is 4.04. The third-order valence-electron chi connectivity index (χ3n) is 6.02. The van der Waals surface area contributed by atoms with Crippen LogP contribution in [-0.4, -0.2) is 45.5 Å². The van der Waals surface area contributed by atoms with Crippen LogP contribution in [0.1, 0.15) is 54.1 Å². The van der Waals surface area contributed by atoms with E-state index in [0.717, 1.165) is 44.2 Å². The first-order valence-corrected chi connectivity index (χ1v) is 11.4. The van der Waals surface area contributed by atoms with Gasteiger partial charge in [0.15, 0.2) is 5.84 Å². The minimum Gasteiger partial charge on any atom is -0.390 e. The maximum atomic E-state index is 13.6. The lowest BCUT2D eigenvalue weighted by Gasteiger charge is -2.29. The van der Waals surface area contributed by atoms with Gasteiger partial charge in [-0.05, 0) is 80.7 Å². The van der Waals surface area contributed by atoms with Crippen LogP contribution in [-0.2, 0) is 12.6 Å². The maximum absolute atomic E-state index is 13.6. The summed E-state index contributed by atoms with van der Waals surface area (Å²) in [5.41, 5.74) is 5.27. The number of nitrogens with two attached hydrogens (primary N) is 1. The zero-order chi connectivity index (χ0) is 24.3. The molecule has 1 heterocycles. The van der Waals surface area contributed by atoms with Crippen molar-refractivity contribution in [3.05, 3.63) is 53.3 Å². The van der Waals surface area contributed by atoms with Gasteiger partial charge in [-0.2, -0.15) is 18.2 Å². The number of benzene rings is 1. The van der Waals surface area contributed by atoms with Crippen LogP contribution in [0, 0.1) is 11.8 Å². The van der Waals surface area contributed by atoms with Crippen LogP contribution in [0.15, 0.2) is 46.6 Å². The van der Waals surface area contributed by atoms with E-state index in [2.05, 4.69) is 20.0 Å². The van der Waals surface area contributed by atoms with Crippen molar-refractivity contribution in [2.45, 2.75) is 51.2 Å². The van der Waals surface area contributed by atoms with Gasteiger partial charge in [0.1, 0.15) is 0 Å². The Labute approximate surface area is 196 Å². The molecule has 2 aromatic rings. The predicted molar refractivity (Wildman–Crippen MR) is 123 cm³/mol. The van der Waals surface area contributed by atoms with E-state index in [1.54, 1.807) is 19.1 Å². The lowest BCUT2D eigenvalue weighted by atomic mass is 10.00. The Hall–Kier alpha value is -3.30. The number of rotatable bonds is 8. The largest absolute Gasteiger partial charge is 0.416 e. The number of carbonyl (C=O) groups excluding carboxylic acids is 1. The summed E-state index contributed by atoms with van der Waals surface area (Å²) in [6, 6.07) is 4.67. The Morgan fingerprint density at radius 2 is 1.85 bits per heavy atom. The zero-order valence-electron chi connectivity index (χ0n) is 18.9. The summed E-state index contributed by atoms with van der Waals surface area (Å²) in [5.74, 6) is 0.541. The van der Waals surface area contributed by atoms with Gasteiger partial charge in [0.25, 0.3) is 11.9 Å². The van der Waals surface area contributed by atoms with Gasteiger partial charge >= 0.3 is 6.18 Å². The van der Waals surface area contributed by atoms with Gasteiger partial charge in [-0.15, -0.1) is 0 Å². The first-order chi connectivity index (χ1) is 16.2. The zero-order valence-corrected chi connectivity index (χ0v) is 18.9. The molecule has 1 unspecified atom stereocenters. The fraction of sp³-hybridized carbons (Fsp3) is 0.458. The lowest BCUT2D eigenvalue weighted by Crippen LogP contribution is -2.44. The Morgan fingerprint density at radius 3 is 2.44 bits per heavy atom. The van der Waals surface area contributed by atoms with Crippen molar-refractivity contribution in [1.82, 2.24) is 14.9 Å². The highest BCUT2D eigenvalue weighted by Crippen LogP contribution is 2.36. The molecule has 2 aliphatic carbocycles. The number of hydrogen-bond acceptors (Lipinski definition) is 4. The standard InChI is InChI=1S/C24H27F3N6O/c1-15(21(31-14-28)32-23-29-7-2-8-30-23)33(13-17-5-6-17)22(34)19-10-18(9-16-3-4-16)11-20(12-19)24(25,26)27/h2,7-8,10-12,14-17H,3-6,9,13H2,1H3,(H2,28,29,30,31,32). The molecule has 180 valence electrons. The molecule has 4 rings (SSSR count). The smallest absolute Gasteiger partial charge is 0.390 e. The summed E-state index contributed by atoms with van der Waals surface area (Å²) in [4.78, 5) is 31.7. The minimum absolute atomic E-state index is 0.0185. The van der Waals surface area contributed by atoms with Crippen molar-refractivity contribution in [2.24, 2.45) is 27.6 Å². The van der Waals surface area contributed by atoms with E-state index in [9.17, 15) is 18.0 Å². The van der Waals surface area contributed by atoms with Gasteiger partial charge in [0.2, 0.25) is 0 Å². The molecule has 10 heteroatoms. The predicted octanol–water partition coefficient (Wildman–Crippen LogP) is 4.41. The number of amidine groups is 1. The van der Waals surface area contributed by atoms with E-state index in [-0.39, 0.29) is 17.3 Å². The van der Waals surface area contributed by atoms with Gasteiger partial charge in [-0.1, -0.05) is 0 Å². The normalized spacial score (nSPS) is 17.7. The monoisotopic (exact) mass is 472 g/mol. The van der Waals surface area contributed by atoms with E-state index in [1.807, 2.05) is 0 Å². The quantitative estimate of drug-likeness (QED) is 0.455. The van der Waals surface area contributed by atoms with E-state index >= 15 is 0 Å². The van der Waals surface area contributed by atoms with Crippen LogP contribution in [0.4, 0.5) is 19.1 Å². The Balaban J connectivity index is 1.69. The van der Waals surface area contributed by atoms with Crippen molar-refractivity contribution >= 4 is 24.0 Å². The highest BCUT2D eigenvalue weighted by atomic mass is 19.4. The maximum Gasteiger partial charge on any atom is 0.416 e. The van der Waals surface area contributed by atoms with Gasteiger partial charge in [-0.25, -0.2) is 15.0 Å².